The molecule has 0 saturated carbocycles. The Labute approximate surface area is 196 Å². The first-order valence-corrected chi connectivity index (χ1v) is 10.5. The molecule has 12 heteroatoms. The van der Waals surface area contributed by atoms with E-state index in [1.807, 2.05) is 6.92 Å². The summed E-state index contributed by atoms with van der Waals surface area (Å²) in [5, 5.41) is 11.5. The fraction of sp³-hybridized carbons (Fsp3) is 0.278. The van der Waals surface area contributed by atoms with Gasteiger partial charge in [0.15, 0.2) is 5.96 Å². The van der Waals surface area contributed by atoms with Gasteiger partial charge in [0.25, 0.3) is 0 Å². The summed E-state index contributed by atoms with van der Waals surface area (Å²) in [6, 6.07) is 10.5. The van der Waals surface area contributed by atoms with Crippen LogP contribution in [-0.4, -0.2) is 27.5 Å². The third-order valence-corrected chi connectivity index (χ3v) is 4.82. The van der Waals surface area contributed by atoms with Crippen LogP contribution in [0.2, 0.25) is 5.02 Å². The average Bonchev–Trinajstić information content (AvgIpc) is 2.65. The number of nitrogens with zero attached hydrogens (tertiary/aromatic N) is 1. The number of guanidine groups is 1. The van der Waals surface area contributed by atoms with Crippen LogP contribution < -0.4 is 20.5 Å². The van der Waals surface area contributed by atoms with Gasteiger partial charge in [-0.15, -0.1) is 24.0 Å². The van der Waals surface area contributed by atoms with E-state index in [-0.39, 0.29) is 47.7 Å². The van der Waals surface area contributed by atoms with Crippen molar-refractivity contribution >= 4 is 51.6 Å². The lowest BCUT2D eigenvalue weighted by molar-refractivity contribution is -0.0504. The normalized spacial score (nSPS) is 11.7. The second-order valence-electron chi connectivity index (χ2n) is 5.87. The molecule has 2 rings (SSSR count). The minimum absolute atomic E-state index is 0. The summed E-state index contributed by atoms with van der Waals surface area (Å²) in [7, 11) is -3.81. The highest BCUT2D eigenvalue weighted by Crippen LogP contribution is 2.24. The first kappa shape index (κ1) is 26.3. The first-order valence-electron chi connectivity index (χ1n) is 8.56. The molecule has 0 aliphatic carbocycles. The molecule has 166 valence electrons. The molecule has 2 aromatic rings. The van der Waals surface area contributed by atoms with Gasteiger partial charge in [-0.05, 0) is 42.8 Å². The van der Waals surface area contributed by atoms with E-state index in [4.69, 9.17) is 16.7 Å². The molecule has 4 N–H and O–H groups in total. The number of nitrogens with two attached hydrogens (primary N) is 1. The third-order valence-electron chi connectivity index (χ3n) is 3.68. The molecule has 0 amide bonds. The number of ether oxygens (including phenoxy) is 1. The Hall–Kier alpha value is -1.70. The number of hydrogen-bond donors (Lipinski definition) is 3. The van der Waals surface area contributed by atoms with Gasteiger partial charge in [-0.3, -0.25) is 0 Å². The third kappa shape index (κ3) is 8.58. The molecule has 30 heavy (non-hydrogen) atoms. The fourth-order valence-electron chi connectivity index (χ4n) is 2.41. The van der Waals surface area contributed by atoms with E-state index in [0.29, 0.717) is 28.7 Å². The summed E-state index contributed by atoms with van der Waals surface area (Å²) in [4.78, 5) is 4.37. The van der Waals surface area contributed by atoms with E-state index in [2.05, 4.69) is 20.4 Å². The summed E-state index contributed by atoms with van der Waals surface area (Å²) >= 11 is 5.95. The Morgan fingerprint density at radius 3 is 2.60 bits per heavy atom. The number of hydrogen-bond acceptors (Lipinski definition) is 4. The van der Waals surface area contributed by atoms with Crippen molar-refractivity contribution in [2.45, 2.75) is 31.5 Å². The Morgan fingerprint density at radius 2 is 1.97 bits per heavy atom. The quantitative estimate of drug-likeness (QED) is 0.254. The van der Waals surface area contributed by atoms with Crippen LogP contribution in [0.1, 0.15) is 18.1 Å². The zero-order valence-electron chi connectivity index (χ0n) is 15.9. The summed E-state index contributed by atoms with van der Waals surface area (Å²) in [6.07, 6.45) is 0. The average molecular weight is 575 g/mol. The lowest BCUT2D eigenvalue weighted by atomic mass is 10.2. The van der Waals surface area contributed by atoms with Crippen molar-refractivity contribution in [2.75, 3.05) is 6.54 Å². The Bertz CT molecular complexity index is 978. The predicted octanol–water partition coefficient (Wildman–Crippen LogP) is 3.46. The number of alkyl halides is 2. The second-order valence-corrected chi connectivity index (χ2v) is 7.87. The zero-order valence-corrected chi connectivity index (χ0v) is 19.8. The van der Waals surface area contributed by atoms with Crippen LogP contribution in [-0.2, 0) is 23.1 Å². The molecule has 0 aromatic heterocycles. The smallest absolute Gasteiger partial charge is 0.387 e. The Morgan fingerprint density at radius 1 is 1.23 bits per heavy atom. The topological polar surface area (TPSA) is 106 Å². The molecule has 0 saturated heterocycles. The summed E-state index contributed by atoms with van der Waals surface area (Å²) in [5.41, 5.74) is 1.07. The Balaban J connectivity index is 0.00000450. The Kier molecular flexibility index (Phi) is 10.7. The van der Waals surface area contributed by atoms with Gasteiger partial charge < -0.3 is 15.4 Å². The maximum atomic E-state index is 12.6. The number of nitrogens with one attached hydrogen (secondary N) is 2. The monoisotopic (exact) mass is 574 g/mol. The lowest BCUT2D eigenvalue weighted by Gasteiger charge is -2.15. The molecule has 2 aromatic carbocycles. The van der Waals surface area contributed by atoms with Gasteiger partial charge >= 0.3 is 6.61 Å². The van der Waals surface area contributed by atoms with Crippen LogP contribution in [0.5, 0.6) is 5.75 Å². The fourth-order valence-corrected chi connectivity index (χ4v) is 3.19. The maximum absolute atomic E-state index is 12.6. The van der Waals surface area contributed by atoms with E-state index < -0.39 is 16.6 Å². The molecule has 0 fully saturated rings. The maximum Gasteiger partial charge on any atom is 0.387 e. The predicted molar refractivity (Wildman–Crippen MR) is 123 cm³/mol. The van der Waals surface area contributed by atoms with Crippen LogP contribution in [0.25, 0.3) is 0 Å². The second kappa shape index (κ2) is 12.2. The summed E-state index contributed by atoms with van der Waals surface area (Å²) in [5.74, 6) is 0.407. The molecular formula is C18H22ClF2IN4O3S. The van der Waals surface area contributed by atoms with Crippen molar-refractivity contribution in [3.63, 3.8) is 0 Å². The van der Waals surface area contributed by atoms with Gasteiger partial charge in [0, 0.05) is 23.7 Å². The zero-order chi connectivity index (χ0) is 21.4. The van der Waals surface area contributed by atoms with Crippen molar-refractivity contribution in [3.8, 4) is 5.75 Å². The minimum Gasteiger partial charge on any atom is -0.434 e. The highest BCUT2D eigenvalue weighted by molar-refractivity contribution is 14.0. The van der Waals surface area contributed by atoms with E-state index in [9.17, 15) is 17.2 Å². The van der Waals surface area contributed by atoms with E-state index in [1.165, 1.54) is 30.3 Å². The van der Waals surface area contributed by atoms with E-state index >= 15 is 0 Å². The molecule has 0 radical (unpaired) electrons. The molecular weight excluding hydrogens is 553 g/mol. The van der Waals surface area contributed by atoms with Crippen LogP contribution in [0.3, 0.4) is 0 Å². The van der Waals surface area contributed by atoms with Gasteiger partial charge in [-0.2, -0.15) is 8.78 Å². The van der Waals surface area contributed by atoms with Crippen LogP contribution in [0.15, 0.2) is 52.4 Å². The summed E-state index contributed by atoms with van der Waals surface area (Å²) in [6.45, 7) is -0.231. The van der Waals surface area contributed by atoms with Crippen LogP contribution in [0.4, 0.5) is 8.78 Å². The molecule has 0 atom stereocenters. The molecule has 0 spiro atoms. The van der Waals surface area contributed by atoms with E-state index in [0.717, 1.165) is 0 Å². The van der Waals surface area contributed by atoms with Crippen molar-refractivity contribution in [1.29, 1.82) is 0 Å². The van der Waals surface area contributed by atoms with Gasteiger partial charge in [0.05, 0.1) is 11.4 Å². The molecule has 0 aliphatic heterocycles. The number of primary sulfonamides is 1. The lowest BCUT2D eigenvalue weighted by Crippen LogP contribution is -2.36. The molecule has 7 nitrogen and oxygen atoms in total. The molecule has 0 aliphatic rings. The largest absolute Gasteiger partial charge is 0.434 e. The summed E-state index contributed by atoms with van der Waals surface area (Å²) < 4.78 is 52.6. The van der Waals surface area contributed by atoms with Crippen molar-refractivity contribution in [1.82, 2.24) is 10.6 Å². The van der Waals surface area contributed by atoms with Gasteiger partial charge in [0.1, 0.15) is 5.75 Å². The number of benzene rings is 2. The number of sulfonamides is 1. The van der Waals surface area contributed by atoms with Gasteiger partial charge in [-0.1, -0.05) is 23.7 Å². The number of rotatable bonds is 8. The van der Waals surface area contributed by atoms with Crippen molar-refractivity contribution in [2.24, 2.45) is 10.1 Å². The van der Waals surface area contributed by atoms with Gasteiger partial charge in [0.2, 0.25) is 10.0 Å². The number of halogens is 4. The first-order chi connectivity index (χ1) is 13.7. The molecule has 0 bridgehead atoms. The van der Waals surface area contributed by atoms with Gasteiger partial charge in [-0.25, -0.2) is 18.5 Å². The standard InChI is InChI=1S/C18H21ClF2N4O3S.HI/c1-2-23-18(24-10-12-4-3-5-15(8-12)29(22,26)27)25-11-13-9-14(19)6-7-16(13)28-17(20)21;/h3-9,17H,2,10-11H2,1H3,(H2,22,26,27)(H2,23,24,25);1H. The van der Waals surface area contributed by atoms with Crippen molar-refractivity contribution in [3.05, 3.63) is 58.6 Å². The molecule has 0 unspecified atom stereocenters. The van der Waals surface area contributed by atoms with E-state index in [1.54, 1.807) is 12.1 Å². The van der Waals surface area contributed by atoms with Crippen LogP contribution >= 0.6 is 35.6 Å². The minimum atomic E-state index is -3.81. The van der Waals surface area contributed by atoms with Crippen molar-refractivity contribution < 1.29 is 21.9 Å². The highest BCUT2D eigenvalue weighted by Gasteiger charge is 2.11. The SMILES string of the molecule is CCNC(=NCc1cccc(S(N)(=O)=O)c1)NCc1cc(Cl)ccc1OC(F)F.I. The van der Waals surface area contributed by atoms with Crippen LogP contribution in [0, 0.1) is 0 Å². The molecule has 0 heterocycles. The highest BCUT2D eigenvalue weighted by atomic mass is 127. The number of aliphatic imine (C=N–C) groups is 1.